The van der Waals surface area contributed by atoms with E-state index >= 15 is 0 Å². The van der Waals surface area contributed by atoms with E-state index in [1.807, 2.05) is 11.9 Å². The Bertz CT molecular complexity index is 703. The summed E-state index contributed by atoms with van der Waals surface area (Å²) < 4.78 is 14.4. The molecule has 2 saturated heterocycles. The molecule has 2 aliphatic heterocycles. The van der Waals surface area contributed by atoms with Gasteiger partial charge in [-0.1, -0.05) is 0 Å². The molecule has 0 radical (unpaired) electrons. The van der Waals surface area contributed by atoms with Gasteiger partial charge in [0.25, 0.3) is 5.91 Å². The second-order valence-electron chi connectivity index (χ2n) is 6.29. The number of anilines is 1. The van der Waals surface area contributed by atoms with E-state index in [2.05, 4.69) is 20.5 Å². The number of imide groups is 1. The standard InChI is InChI=1S/C16H20FN5O3/c1-21-4-6-22(7-5-21)13-9-18-12(8-10(13)17)16(25)19-11-2-3-14(23)20-15(11)24/h8-9,11H,2-7H2,1H3,(H,19,25)(H,20,23,24). The largest absolute Gasteiger partial charge is 0.365 e. The van der Waals surface area contributed by atoms with E-state index < -0.39 is 23.7 Å². The molecule has 0 aromatic carbocycles. The Balaban J connectivity index is 1.66. The summed E-state index contributed by atoms with van der Waals surface area (Å²) in [5.74, 6) is -2.08. The molecule has 3 amide bonds. The number of aromatic nitrogens is 1. The summed E-state index contributed by atoms with van der Waals surface area (Å²) in [7, 11) is 2.01. The zero-order valence-electron chi connectivity index (χ0n) is 13.9. The van der Waals surface area contributed by atoms with Crippen molar-refractivity contribution in [1.82, 2.24) is 20.5 Å². The second kappa shape index (κ2) is 7.14. The van der Waals surface area contributed by atoms with Crippen molar-refractivity contribution in [3.05, 3.63) is 23.8 Å². The molecule has 2 fully saturated rings. The summed E-state index contributed by atoms with van der Waals surface area (Å²) in [6.45, 7) is 3.04. The lowest BCUT2D eigenvalue weighted by molar-refractivity contribution is -0.134. The maximum atomic E-state index is 14.4. The van der Waals surface area contributed by atoms with Crippen molar-refractivity contribution in [2.45, 2.75) is 18.9 Å². The fourth-order valence-corrected chi connectivity index (χ4v) is 2.89. The van der Waals surface area contributed by atoms with Crippen molar-refractivity contribution in [3.8, 4) is 0 Å². The first-order valence-electron chi connectivity index (χ1n) is 8.17. The predicted molar refractivity (Wildman–Crippen MR) is 87.5 cm³/mol. The number of halogens is 1. The van der Waals surface area contributed by atoms with Crippen LogP contribution in [-0.2, 0) is 9.59 Å². The summed E-state index contributed by atoms with van der Waals surface area (Å²) in [5.41, 5.74) is 0.269. The number of likely N-dealkylation sites (N-methyl/N-ethyl adjacent to an activating group) is 1. The number of hydrogen-bond donors (Lipinski definition) is 2. The van der Waals surface area contributed by atoms with Crippen LogP contribution in [0.5, 0.6) is 0 Å². The molecule has 1 atom stereocenters. The molecule has 1 unspecified atom stereocenters. The van der Waals surface area contributed by atoms with Gasteiger partial charge in [0.15, 0.2) is 0 Å². The van der Waals surface area contributed by atoms with Crippen LogP contribution >= 0.6 is 0 Å². The number of hydrogen-bond acceptors (Lipinski definition) is 6. The monoisotopic (exact) mass is 349 g/mol. The van der Waals surface area contributed by atoms with E-state index in [1.54, 1.807) is 0 Å². The van der Waals surface area contributed by atoms with Crippen LogP contribution in [0.4, 0.5) is 10.1 Å². The van der Waals surface area contributed by atoms with Gasteiger partial charge in [0, 0.05) is 38.7 Å². The van der Waals surface area contributed by atoms with Crippen LogP contribution in [0.25, 0.3) is 0 Å². The van der Waals surface area contributed by atoms with Gasteiger partial charge in [-0.3, -0.25) is 19.7 Å². The summed E-state index contributed by atoms with van der Waals surface area (Å²) in [5, 5.41) is 4.64. The molecule has 2 N–H and O–H groups in total. The molecule has 8 nitrogen and oxygen atoms in total. The highest BCUT2D eigenvalue weighted by atomic mass is 19.1. The van der Waals surface area contributed by atoms with Crippen molar-refractivity contribution in [2.75, 3.05) is 38.1 Å². The van der Waals surface area contributed by atoms with Crippen molar-refractivity contribution in [3.63, 3.8) is 0 Å². The van der Waals surface area contributed by atoms with Gasteiger partial charge >= 0.3 is 0 Å². The number of pyridine rings is 1. The van der Waals surface area contributed by atoms with Gasteiger partial charge in [-0.05, 0) is 13.5 Å². The van der Waals surface area contributed by atoms with Gasteiger partial charge in [0.2, 0.25) is 11.8 Å². The molecule has 0 aliphatic carbocycles. The quantitative estimate of drug-likeness (QED) is 0.715. The minimum absolute atomic E-state index is 0.0972. The molecule has 9 heteroatoms. The Morgan fingerprint density at radius 2 is 2.04 bits per heavy atom. The number of piperidine rings is 1. The van der Waals surface area contributed by atoms with Crippen LogP contribution in [0.1, 0.15) is 23.3 Å². The van der Waals surface area contributed by atoms with Crippen LogP contribution in [0.3, 0.4) is 0 Å². The topological polar surface area (TPSA) is 94.6 Å². The molecule has 3 heterocycles. The minimum Gasteiger partial charge on any atom is -0.365 e. The Labute approximate surface area is 144 Å². The molecular weight excluding hydrogens is 329 g/mol. The van der Waals surface area contributed by atoms with Gasteiger partial charge in [0.05, 0.1) is 11.9 Å². The fourth-order valence-electron chi connectivity index (χ4n) is 2.89. The lowest BCUT2D eigenvalue weighted by Gasteiger charge is -2.34. The number of carbonyl (C=O) groups excluding carboxylic acids is 3. The lowest BCUT2D eigenvalue weighted by Crippen LogP contribution is -2.52. The predicted octanol–water partition coefficient (Wildman–Crippen LogP) is -0.492. The maximum Gasteiger partial charge on any atom is 0.270 e. The van der Waals surface area contributed by atoms with E-state index in [1.165, 1.54) is 6.20 Å². The van der Waals surface area contributed by atoms with E-state index in [0.717, 1.165) is 19.2 Å². The zero-order valence-corrected chi connectivity index (χ0v) is 13.9. The fraction of sp³-hybridized carbons (Fsp3) is 0.500. The third kappa shape index (κ3) is 3.93. The molecule has 1 aromatic rings. The van der Waals surface area contributed by atoms with Crippen molar-refractivity contribution in [2.24, 2.45) is 0 Å². The van der Waals surface area contributed by atoms with E-state index in [0.29, 0.717) is 18.8 Å². The Hall–Kier alpha value is -2.55. The number of nitrogens with one attached hydrogen (secondary N) is 2. The van der Waals surface area contributed by atoms with Crippen LogP contribution in [0.15, 0.2) is 12.3 Å². The van der Waals surface area contributed by atoms with Gasteiger partial charge in [-0.2, -0.15) is 0 Å². The van der Waals surface area contributed by atoms with Gasteiger partial charge < -0.3 is 15.1 Å². The summed E-state index contributed by atoms with van der Waals surface area (Å²) in [4.78, 5) is 43.1. The number of piperazine rings is 1. The molecule has 3 rings (SSSR count). The lowest BCUT2D eigenvalue weighted by atomic mass is 10.1. The molecule has 0 spiro atoms. The number of rotatable bonds is 3. The molecule has 134 valence electrons. The van der Waals surface area contributed by atoms with Crippen molar-refractivity contribution < 1.29 is 18.8 Å². The van der Waals surface area contributed by atoms with Crippen LogP contribution in [0, 0.1) is 5.82 Å². The Morgan fingerprint density at radius 3 is 2.68 bits per heavy atom. The first kappa shape index (κ1) is 17.3. The molecular formula is C16H20FN5O3. The average molecular weight is 349 g/mol. The maximum absolute atomic E-state index is 14.4. The number of carbonyl (C=O) groups is 3. The molecule has 0 saturated carbocycles. The molecule has 1 aromatic heterocycles. The normalized spacial score (nSPS) is 21.8. The minimum atomic E-state index is -0.813. The van der Waals surface area contributed by atoms with Crippen LogP contribution in [-0.4, -0.2) is 66.9 Å². The van der Waals surface area contributed by atoms with Crippen LogP contribution in [0.2, 0.25) is 0 Å². The highest BCUT2D eigenvalue weighted by molar-refractivity contribution is 6.03. The van der Waals surface area contributed by atoms with Crippen molar-refractivity contribution >= 4 is 23.4 Å². The van der Waals surface area contributed by atoms with Crippen LogP contribution < -0.4 is 15.5 Å². The molecule has 0 bridgehead atoms. The SMILES string of the molecule is CN1CCN(c2cnc(C(=O)NC3CCC(=O)NC3=O)cc2F)CC1. The first-order valence-corrected chi connectivity index (χ1v) is 8.17. The zero-order chi connectivity index (χ0) is 18.0. The third-order valence-electron chi connectivity index (χ3n) is 4.46. The molecule has 25 heavy (non-hydrogen) atoms. The highest BCUT2D eigenvalue weighted by Gasteiger charge is 2.28. The Morgan fingerprint density at radius 1 is 1.32 bits per heavy atom. The van der Waals surface area contributed by atoms with E-state index in [4.69, 9.17) is 0 Å². The summed E-state index contributed by atoms with van der Waals surface area (Å²) in [6, 6.07) is 0.266. The smallest absolute Gasteiger partial charge is 0.270 e. The van der Waals surface area contributed by atoms with Gasteiger partial charge in [-0.25, -0.2) is 9.37 Å². The first-order chi connectivity index (χ1) is 11.9. The number of nitrogens with zero attached hydrogens (tertiary/aromatic N) is 3. The second-order valence-corrected chi connectivity index (χ2v) is 6.29. The Kier molecular flexibility index (Phi) is 4.93. The molecule has 2 aliphatic rings. The van der Waals surface area contributed by atoms with Gasteiger partial charge in [-0.15, -0.1) is 0 Å². The average Bonchev–Trinajstić information content (AvgIpc) is 2.58. The van der Waals surface area contributed by atoms with Gasteiger partial charge in [0.1, 0.15) is 17.6 Å². The van der Waals surface area contributed by atoms with E-state index in [-0.39, 0.29) is 24.4 Å². The summed E-state index contributed by atoms with van der Waals surface area (Å²) in [6.07, 6.45) is 1.72. The highest BCUT2D eigenvalue weighted by Crippen LogP contribution is 2.20. The van der Waals surface area contributed by atoms with E-state index in [9.17, 15) is 18.8 Å². The third-order valence-corrected chi connectivity index (χ3v) is 4.46. The summed E-state index contributed by atoms with van der Waals surface area (Å²) >= 11 is 0. The number of amides is 3. The van der Waals surface area contributed by atoms with Crippen molar-refractivity contribution in [1.29, 1.82) is 0 Å².